The van der Waals surface area contributed by atoms with Crippen LogP contribution in [0.2, 0.25) is 0 Å². The van der Waals surface area contributed by atoms with E-state index in [9.17, 15) is 24.0 Å². The number of ketones is 1. The van der Waals surface area contributed by atoms with Crippen LogP contribution in [-0.4, -0.2) is 83.0 Å². The first-order valence-electron chi connectivity index (χ1n) is 14.5. The van der Waals surface area contributed by atoms with Crippen molar-refractivity contribution >= 4 is 29.6 Å². The van der Waals surface area contributed by atoms with Crippen molar-refractivity contribution in [3.8, 4) is 0 Å². The van der Waals surface area contributed by atoms with Gasteiger partial charge >= 0.3 is 6.09 Å². The molecule has 2 aliphatic rings. The second-order valence-corrected chi connectivity index (χ2v) is 13.7. The van der Waals surface area contributed by atoms with Crippen LogP contribution in [0, 0.1) is 11.3 Å². The number of alkyl carbamates (subject to hydrolysis) is 1. The summed E-state index contributed by atoms with van der Waals surface area (Å²) >= 11 is 0. The lowest BCUT2D eigenvalue weighted by atomic mass is 9.83. The van der Waals surface area contributed by atoms with Crippen LogP contribution in [0.4, 0.5) is 4.79 Å². The molecule has 5 unspecified atom stereocenters. The van der Waals surface area contributed by atoms with Gasteiger partial charge in [-0.15, -0.1) is 6.58 Å². The topological polar surface area (TPSA) is 143 Å². The lowest BCUT2D eigenvalue weighted by Crippen LogP contribution is -2.60. The highest BCUT2D eigenvalue weighted by Crippen LogP contribution is 2.41. The first-order valence-corrected chi connectivity index (χ1v) is 14.5. The molecule has 0 aliphatic carbocycles. The highest BCUT2D eigenvalue weighted by Gasteiger charge is 2.54. The molecular weight excluding hydrogens is 528 g/mol. The molecule has 0 aromatic heterocycles. The fourth-order valence-electron chi connectivity index (χ4n) is 5.36. The Morgan fingerprint density at radius 2 is 1.73 bits per heavy atom. The number of fused-ring (bicyclic) bond motifs is 1. The van der Waals surface area contributed by atoms with Gasteiger partial charge in [-0.1, -0.05) is 40.2 Å². The fraction of sp³-hybridized carbons (Fsp3) is 0.767. The minimum absolute atomic E-state index is 0.123. The van der Waals surface area contributed by atoms with Crippen molar-refractivity contribution < 1.29 is 33.4 Å². The lowest BCUT2D eigenvalue weighted by molar-refractivity contribution is -0.145. The fourth-order valence-corrected chi connectivity index (χ4v) is 5.36. The van der Waals surface area contributed by atoms with E-state index in [1.165, 1.54) is 11.0 Å². The monoisotopic (exact) mass is 578 g/mol. The highest BCUT2D eigenvalue weighted by molar-refractivity contribution is 6.38. The van der Waals surface area contributed by atoms with Crippen LogP contribution >= 0.6 is 0 Å². The molecule has 0 radical (unpaired) electrons. The normalized spacial score (nSPS) is 23.4. The maximum Gasteiger partial charge on any atom is 0.408 e. The predicted molar refractivity (Wildman–Crippen MR) is 155 cm³/mol. The third-order valence-electron chi connectivity index (χ3n) is 7.31. The van der Waals surface area contributed by atoms with Gasteiger partial charge in [0.1, 0.15) is 17.7 Å². The zero-order valence-electron chi connectivity index (χ0n) is 26.2. The molecule has 0 saturated carbocycles. The van der Waals surface area contributed by atoms with Crippen LogP contribution in [-0.2, 0) is 28.7 Å². The van der Waals surface area contributed by atoms with E-state index in [2.05, 4.69) is 22.5 Å². The van der Waals surface area contributed by atoms with E-state index in [-0.39, 0.29) is 25.4 Å². The number of carbonyl (C=O) groups is 5. The van der Waals surface area contributed by atoms with Crippen LogP contribution in [0.15, 0.2) is 12.7 Å². The SMILES string of the molecule is C=CCNC(=O)C(=O)C(CCC)NC(=O)C1C2CCC(C)(C)OC2CN1C(=O)C(NC(=O)OC(C)(C)C)C(C)(C)C. The number of nitrogens with one attached hydrogen (secondary N) is 3. The molecule has 5 atom stereocenters. The number of hydrogen-bond donors (Lipinski definition) is 3. The van der Waals surface area contributed by atoms with Gasteiger partial charge in [-0.3, -0.25) is 19.2 Å². The van der Waals surface area contributed by atoms with E-state index in [1.807, 2.05) is 41.5 Å². The maximum atomic E-state index is 14.2. The van der Waals surface area contributed by atoms with Crippen LogP contribution in [0.5, 0.6) is 0 Å². The molecule has 0 bridgehead atoms. The van der Waals surface area contributed by atoms with Crippen molar-refractivity contribution in [2.45, 2.75) is 123 Å². The molecule has 41 heavy (non-hydrogen) atoms. The Labute approximate surface area is 244 Å². The predicted octanol–water partition coefficient (Wildman–Crippen LogP) is 2.87. The van der Waals surface area contributed by atoms with E-state index in [0.29, 0.717) is 19.3 Å². The first-order chi connectivity index (χ1) is 18.8. The van der Waals surface area contributed by atoms with Gasteiger partial charge in [-0.05, 0) is 59.3 Å². The minimum Gasteiger partial charge on any atom is -0.444 e. The standard InChI is InChI=1S/C30H50N4O7/c1-11-13-19(22(35)25(37)31-16-12-2)32-24(36)21-18-14-15-30(9,10)40-20(18)17-34(21)26(38)23(28(3,4)5)33-27(39)41-29(6,7)8/h12,18-21,23H,2,11,13-17H2,1,3-10H3,(H,31,37)(H,32,36)(H,33,39). The highest BCUT2D eigenvalue weighted by atomic mass is 16.6. The second-order valence-electron chi connectivity index (χ2n) is 13.7. The van der Waals surface area contributed by atoms with Crippen molar-refractivity contribution in [2.24, 2.45) is 11.3 Å². The molecular formula is C30H50N4O7. The number of likely N-dealkylation sites (tertiary alicyclic amines) is 1. The van der Waals surface area contributed by atoms with Gasteiger partial charge in [0.05, 0.1) is 17.7 Å². The lowest BCUT2D eigenvalue weighted by Gasteiger charge is -2.39. The van der Waals surface area contributed by atoms with Crippen LogP contribution in [0.1, 0.15) is 88.0 Å². The van der Waals surface area contributed by atoms with Crippen LogP contribution in [0.25, 0.3) is 0 Å². The Kier molecular flexibility index (Phi) is 11.2. The van der Waals surface area contributed by atoms with Gasteiger partial charge < -0.3 is 30.3 Å². The third kappa shape index (κ3) is 9.28. The largest absolute Gasteiger partial charge is 0.444 e. The molecule has 11 heteroatoms. The van der Waals surface area contributed by atoms with Gasteiger partial charge in [0, 0.05) is 19.0 Å². The van der Waals surface area contributed by atoms with Gasteiger partial charge in [0.15, 0.2) is 0 Å². The van der Waals surface area contributed by atoms with E-state index < -0.39 is 70.4 Å². The van der Waals surface area contributed by atoms with Gasteiger partial charge in [0.2, 0.25) is 17.6 Å². The Balaban J connectivity index is 2.41. The molecule has 2 rings (SSSR count). The molecule has 2 fully saturated rings. The summed E-state index contributed by atoms with van der Waals surface area (Å²) in [5.41, 5.74) is -1.91. The molecule has 0 aromatic carbocycles. The van der Waals surface area contributed by atoms with Crippen molar-refractivity contribution in [3.63, 3.8) is 0 Å². The number of hydrogen-bond acceptors (Lipinski definition) is 7. The average molecular weight is 579 g/mol. The summed E-state index contributed by atoms with van der Waals surface area (Å²) in [6.07, 6.45) is 2.44. The van der Waals surface area contributed by atoms with Gasteiger partial charge in [-0.2, -0.15) is 0 Å². The van der Waals surface area contributed by atoms with Gasteiger partial charge in [-0.25, -0.2) is 4.79 Å². The molecule has 2 aliphatic heterocycles. The summed E-state index contributed by atoms with van der Waals surface area (Å²) in [6.45, 7) is 20.3. The summed E-state index contributed by atoms with van der Waals surface area (Å²) in [4.78, 5) is 67.6. The molecule has 11 nitrogen and oxygen atoms in total. The third-order valence-corrected chi connectivity index (χ3v) is 7.31. The number of nitrogens with zero attached hydrogens (tertiary/aromatic N) is 1. The summed E-state index contributed by atoms with van der Waals surface area (Å²) in [6, 6.07) is -3.00. The Morgan fingerprint density at radius 3 is 2.27 bits per heavy atom. The Morgan fingerprint density at radius 1 is 1.10 bits per heavy atom. The molecule has 232 valence electrons. The Bertz CT molecular complexity index is 1010. The van der Waals surface area contributed by atoms with Gasteiger partial charge in [0.25, 0.3) is 5.91 Å². The number of Topliss-reactive ketones (excluding diaryl/α,β-unsaturated/α-hetero) is 1. The molecule has 0 spiro atoms. The zero-order chi connectivity index (χ0) is 31.3. The smallest absolute Gasteiger partial charge is 0.408 e. The maximum absolute atomic E-state index is 14.2. The van der Waals surface area contributed by atoms with Crippen LogP contribution < -0.4 is 16.0 Å². The summed E-state index contributed by atoms with van der Waals surface area (Å²) in [5, 5.41) is 7.96. The van der Waals surface area contributed by atoms with Crippen LogP contribution in [0.3, 0.4) is 0 Å². The van der Waals surface area contributed by atoms with Crippen molar-refractivity contribution in [1.82, 2.24) is 20.9 Å². The van der Waals surface area contributed by atoms with Crippen molar-refractivity contribution in [2.75, 3.05) is 13.1 Å². The second kappa shape index (κ2) is 13.4. The first kappa shape index (κ1) is 34.3. The summed E-state index contributed by atoms with van der Waals surface area (Å²) < 4.78 is 11.7. The zero-order valence-corrected chi connectivity index (χ0v) is 26.2. The molecule has 4 amide bonds. The number of carbonyl (C=O) groups excluding carboxylic acids is 5. The summed E-state index contributed by atoms with van der Waals surface area (Å²) in [5.74, 6) is -2.85. The molecule has 2 saturated heterocycles. The number of ether oxygens (including phenoxy) is 2. The average Bonchev–Trinajstić information content (AvgIpc) is 3.20. The Hall–Kier alpha value is -2.95. The van der Waals surface area contributed by atoms with Crippen molar-refractivity contribution in [1.29, 1.82) is 0 Å². The van der Waals surface area contributed by atoms with E-state index in [1.54, 1.807) is 20.8 Å². The number of rotatable bonds is 10. The van der Waals surface area contributed by atoms with E-state index in [0.717, 1.165) is 0 Å². The van der Waals surface area contributed by atoms with E-state index >= 15 is 0 Å². The van der Waals surface area contributed by atoms with E-state index in [4.69, 9.17) is 9.47 Å². The number of amides is 4. The summed E-state index contributed by atoms with van der Waals surface area (Å²) in [7, 11) is 0. The molecule has 3 N–H and O–H groups in total. The minimum atomic E-state index is -1.05. The molecule has 0 aromatic rings. The van der Waals surface area contributed by atoms with Crippen molar-refractivity contribution in [3.05, 3.63) is 12.7 Å². The molecule has 2 heterocycles. The quantitative estimate of drug-likeness (QED) is 0.267.